The van der Waals surface area contributed by atoms with Gasteiger partial charge in [0.05, 0.1) is 13.2 Å². The lowest BCUT2D eigenvalue weighted by molar-refractivity contribution is -0.0251. The van der Waals surface area contributed by atoms with Crippen molar-refractivity contribution in [2.45, 2.75) is 31.3 Å². The Morgan fingerprint density at radius 3 is 2.64 bits per heavy atom. The molecule has 3 N–H and O–H groups in total. The monoisotopic (exact) mass is 303 g/mol. The molecule has 1 unspecified atom stereocenters. The van der Waals surface area contributed by atoms with Crippen molar-refractivity contribution in [2.24, 2.45) is 0 Å². The number of nitrogens with zero attached hydrogens (tertiary/aromatic N) is 1. The minimum absolute atomic E-state index is 0.312. The lowest BCUT2D eigenvalue weighted by Crippen LogP contribution is -2.38. The van der Waals surface area contributed by atoms with E-state index in [9.17, 15) is 10.2 Å². The second kappa shape index (κ2) is 5.85. The van der Waals surface area contributed by atoms with Crippen molar-refractivity contribution in [2.75, 3.05) is 13.2 Å². The van der Waals surface area contributed by atoms with Gasteiger partial charge in [0.15, 0.2) is 0 Å². The molecule has 1 saturated heterocycles. The number of hydrogen-bond donors (Lipinski definition) is 3. The standard InChI is InChI=1S/C17H21NO4/c1-10-3-4-13-11(2)18(6-5-12(13)7-10)8-14-16(20)17(21)15(9-19)22-14/h3-7,14-17,19-21H,2,8-9H2,1H3/t14-,15+,16?,17-/m0/s1. The fraction of sp³-hybridized carbons (Fsp3) is 0.412. The summed E-state index contributed by atoms with van der Waals surface area (Å²) in [5.41, 5.74) is 4.17. The maximum atomic E-state index is 10.0. The topological polar surface area (TPSA) is 73.2 Å². The largest absolute Gasteiger partial charge is 0.394 e. The summed E-state index contributed by atoms with van der Waals surface area (Å²) in [5, 5.41) is 29.0. The van der Waals surface area contributed by atoms with E-state index < -0.39 is 24.4 Å². The van der Waals surface area contributed by atoms with Crippen molar-refractivity contribution in [1.29, 1.82) is 0 Å². The van der Waals surface area contributed by atoms with Crippen molar-refractivity contribution in [3.8, 4) is 0 Å². The van der Waals surface area contributed by atoms with Crippen molar-refractivity contribution < 1.29 is 20.1 Å². The van der Waals surface area contributed by atoms with E-state index in [0.717, 1.165) is 16.8 Å². The lowest BCUT2D eigenvalue weighted by atomic mass is 9.98. The van der Waals surface area contributed by atoms with E-state index in [0.29, 0.717) is 6.54 Å². The Kier molecular flexibility index (Phi) is 4.06. The van der Waals surface area contributed by atoms with Gasteiger partial charge < -0.3 is 25.0 Å². The van der Waals surface area contributed by atoms with Crippen LogP contribution in [0.2, 0.25) is 0 Å². The third-order valence-electron chi connectivity index (χ3n) is 4.32. The molecule has 0 radical (unpaired) electrons. The molecule has 0 aliphatic carbocycles. The molecule has 1 aromatic carbocycles. The molecule has 118 valence electrons. The number of aliphatic hydroxyl groups is 3. The van der Waals surface area contributed by atoms with Crippen molar-refractivity contribution in [3.63, 3.8) is 0 Å². The summed E-state index contributed by atoms with van der Waals surface area (Å²) in [6, 6.07) is 6.16. The molecule has 3 rings (SSSR count). The molecule has 0 saturated carbocycles. The average molecular weight is 303 g/mol. The van der Waals surface area contributed by atoms with Gasteiger partial charge in [-0.15, -0.1) is 0 Å². The van der Waals surface area contributed by atoms with Crippen LogP contribution in [0.1, 0.15) is 16.7 Å². The van der Waals surface area contributed by atoms with Crippen LogP contribution in [0, 0.1) is 6.92 Å². The maximum absolute atomic E-state index is 10.0. The second-order valence-corrected chi connectivity index (χ2v) is 5.88. The van der Waals surface area contributed by atoms with E-state index in [2.05, 4.69) is 12.6 Å². The Bertz CT molecular complexity index is 613. The van der Waals surface area contributed by atoms with Gasteiger partial charge in [-0.2, -0.15) is 0 Å². The quantitative estimate of drug-likeness (QED) is 0.768. The molecule has 2 aliphatic rings. The number of rotatable bonds is 3. The van der Waals surface area contributed by atoms with Crippen molar-refractivity contribution in [1.82, 2.24) is 4.90 Å². The fourth-order valence-electron chi connectivity index (χ4n) is 2.99. The van der Waals surface area contributed by atoms with Crippen LogP contribution in [0.4, 0.5) is 0 Å². The number of hydrogen-bond acceptors (Lipinski definition) is 5. The summed E-state index contributed by atoms with van der Waals surface area (Å²) in [7, 11) is 0. The highest BCUT2D eigenvalue weighted by Crippen LogP contribution is 2.31. The normalized spacial score (nSPS) is 30.7. The zero-order chi connectivity index (χ0) is 15.9. The molecule has 0 bridgehead atoms. The summed E-state index contributed by atoms with van der Waals surface area (Å²) in [6.45, 7) is 6.22. The third kappa shape index (κ3) is 2.57. The molecule has 4 atom stereocenters. The molecule has 22 heavy (non-hydrogen) atoms. The first kappa shape index (κ1) is 15.2. The van der Waals surface area contributed by atoms with Crippen molar-refractivity contribution in [3.05, 3.63) is 47.7 Å². The smallest absolute Gasteiger partial charge is 0.111 e. The molecule has 0 amide bonds. The number of aryl methyl sites for hydroxylation is 1. The average Bonchev–Trinajstić information content (AvgIpc) is 2.78. The summed E-state index contributed by atoms with van der Waals surface area (Å²) >= 11 is 0. The first-order valence-corrected chi connectivity index (χ1v) is 7.38. The maximum Gasteiger partial charge on any atom is 0.111 e. The summed E-state index contributed by atoms with van der Waals surface area (Å²) in [4.78, 5) is 1.90. The molecule has 5 nitrogen and oxygen atoms in total. The van der Waals surface area contributed by atoms with Crippen LogP contribution in [0.3, 0.4) is 0 Å². The Labute approximate surface area is 129 Å². The summed E-state index contributed by atoms with van der Waals surface area (Å²) < 4.78 is 5.53. The van der Waals surface area contributed by atoms with Crippen LogP contribution < -0.4 is 0 Å². The van der Waals surface area contributed by atoms with Crippen molar-refractivity contribution >= 4 is 11.8 Å². The molecule has 1 fully saturated rings. The highest BCUT2D eigenvalue weighted by atomic mass is 16.6. The van der Waals surface area contributed by atoms with E-state index in [4.69, 9.17) is 9.84 Å². The molecule has 5 heteroatoms. The predicted octanol–water partition coefficient (Wildman–Crippen LogP) is 0.734. The van der Waals surface area contributed by atoms with E-state index in [-0.39, 0.29) is 6.61 Å². The van der Waals surface area contributed by atoms with E-state index in [1.807, 2.05) is 36.2 Å². The molecular formula is C17H21NO4. The van der Waals surface area contributed by atoms with Gasteiger partial charge in [-0.25, -0.2) is 0 Å². The minimum atomic E-state index is -1.06. The first-order chi connectivity index (χ1) is 10.5. The second-order valence-electron chi connectivity index (χ2n) is 5.88. The molecular weight excluding hydrogens is 282 g/mol. The molecule has 0 spiro atoms. The van der Waals surface area contributed by atoms with Crippen LogP contribution >= 0.6 is 0 Å². The van der Waals surface area contributed by atoms with Crippen LogP contribution in [0.5, 0.6) is 0 Å². The summed E-state index contributed by atoms with van der Waals surface area (Å²) in [6.07, 6.45) is 0.513. The Morgan fingerprint density at radius 2 is 1.95 bits per heavy atom. The molecule has 0 aromatic heterocycles. The van der Waals surface area contributed by atoms with Gasteiger partial charge in [-0.05, 0) is 18.6 Å². The third-order valence-corrected chi connectivity index (χ3v) is 4.32. The van der Waals surface area contributed by atoms with Gasteiger partial charge in [-0.3, -0.25) is 0 Å². The van der Waals surface area contributed by atoms with Gasteiger partial charge in [0.1, 0.15) is 24.4 Å². The predicted molar refractivity (Wildman–Crippen MR) is 83.7 cm³/mol. The van der Waals surface area contributed by atoms with Gasteiger partial charge in [0.2, 0.25) is 0 Å². The van der Waals surface area contributed by atoms with Gasteiger partial charge in [-0.1, -0.05) is 30.3 Å². The number of benzene rings is 1. The fourth-order valence-corrected chi connectivity index (χ4v) is 2.99. The van der Waals surface area contributed by atoms with E-state index in [1.165, 1.54) is 5.56 Å². The molecule has 2 heterocycles. The number of ether oxygens (including phenoxy) is 1. The Hall–Kier alpha value is -1.66. The molecule has 2 aliphatic heterocycles. The van der Waals surface area contributed by atoms with Crippen LogP contribution in [-0.2, 0) is 4.74 Å². The number of aliphatic hydroxyl groups excluding tert-OH is 3. The lowest BCUT2D eigenvalue weighted by Gasteiger charge is -2.30. The van der Waals surface area contributed by atoms with Gasteiger partial charge >= 0.3 is 0 Å². The first-order valence-electron chi connectivity index (χ1n) is 7.38. The van der Waals surface area contributed by atoms with Crippen LogP contribution in [0.15, 0.2) is 31.0 Å². The van der Waals surface area contributed by atoms with Gasteiger partial charge in [0, 0.05) is 17.5 Å². The zero-order valence-electron chi connectivity index (χ0n) is 12.5. The number of fused-ring (bicyclic) bond motifs is 1. The zero-order valence-corrected chi connectivity index (χ0v) is 12.5. The highest BCUT2D eigenvalue weighted by Gasteiger charge is 2.43. The Morgan fingerprint density at radius 1 is 1.23 bits per heavy atom. The minimum Gasteiger partial charge on any atom is -0.394 e. The molecule has 1 aromatic rings. The van der Waals surface area contributed by atoms with E-state index in [1.54, 1.807) is 0 Å². The van der Waals surface area contributed by atoms with Crippen LogP contribution in [-0.4, -0.2) is 57.8 Å². The SMILES string of the molecule is C=C1c2ccc(C)cc2C=CN1C[C@@H]1O[C@H](CO)[C@H](O)C1O. The van der Waals surface area contributed by atoms with Gasteiger partial charge in [0.25, 0.3) is 0 Å². The van der Waals surface area contributed by atoms with Crippen LogP contribution in [0.25, 0.3) is 11.8 Å². The van der Waals surface area contributed by atoms with E-state index >= 15 is 0 Å². The Balaban J connectivity index is 1.76. The highest BCUT2D eigenvalue weighted by molar-refractivity contribution is 5.76. The summed E-state index contributed by atoms with van der Waals surface area (Å²) in [5.74, 6) is 0.